The molecule has 1 aliphatic rings. The predicted octanol–water partition coefficient (Wildman–Crippen LogP) is 2.89. The number of hydrogen-bond acceptors (Lipinski definition) is 2. The van der Waals surface area contributed by atoms with Crippen LogP contribution in [0.3, 0.4) is 0 Å². The van der Waals surface area contributed by atoms with Crippen molar-refractivity contribution in [1.29, 1.82) is 0 Å². The van der Waals surface area contributed by atoms with E-state index in [-0.39, 0.29) is 0 Å². The van der Waals surface area contributed by atoms with Crippen molar-refractivity contribution in [2.45, 2.75) is 25.7 Å². The van der Waals surface area contributed by atoms with Crippen molar-refractivity contribution in [3.63, 3.8) is 0 Å². The topological polar surface area (TPSA) is 27.9 Å². The Morgan fingerprint density at radius 3 is 2.94 bits per heavy atom. The van der Waals surface area contributed by atoms with E-state index in [1.54, 1.807) is 11.3 Å². The van der Waals surface area contributed by atoms with Crippen molar-refractivity contribution >= 4 is 33.0 Å². The van der Waals surface area contributed by atoms with E-state index >= 15 is 0 Å². The number of aryl methyl sites for hydroxylation is 2. The quantitative estimate of drug-likeness (QED) is 0.511. The SMILES string of the molecule is C[N+](C)=CNc1nc2ccc3c(c2s1)CCCC3. The highest BCUT2D eigenvalue weighted by molar-refractivity contribution is 7.22. The van der Waals surface area contributed by atoms with Crippen LogP contribution in [0.4, 0.5) is 5.13 Å². The van der Waals surface area contributed by atoms with Gasteiger partial charge >= 0.3 is 0 Å². The van der Waals surface area contributed by atoms with Gasteiger partial charge in [0.05, 0.1) is 24.3 Å². The van der Waals surface area contributed by atoms with E-state index in [0.29, 0.717) is 0 Å². The first-order valence-corrected chi connectivity index (χ1v) is 7.23. The van der Waals surface area contributed by atoms with Gasteiger partial charge in [-0.2, -0.15) is 4.98 Å². The molecule has 0 aliphatic heterocycles. The van der Waals surface area contributed by atoms with Gasteiger partial charge < -0.3 is 0 Å². The average molecular weight is 260 g/mol. The lowest BCUT2D eigenvalue weighted by molar-refractivity contribution is -0.459. The summed E-state index contributed by atoms with van der Waals surface area (Å²) < 4.78 is 3.36. The van der Waals surface area contributed by atoms with E-state index < -0.39 is 0 Å². The molecule has 0 atom stereocenters. The van der Waals surface area contributed by atoms with E-state index in [0.717, 1.165) is 10.6 Å². The molecule has 0 unspecified atom stereocenters. The van der Waals surface area contributed by atoms with Crippen molar-refractivity contribution in [2.75, 3.05) is 19.4 Å². The standard InChI is InChI=1S/C14H17N3S/c1-17(2)9-15-14-16-12-8-7-10-5-3-4-6-11(10)13(12)18-14/h7-9H,3-6H2,1-2H3/p+1. The van der Waals surface area contributed by atoms with Crippen LogP contribution in [0.2, 0.25) is 0 Å². The first-order valence-electron chi connectivity index (χ1n) is 6.41. The van der Waals surface area contributed by atoms with Crippen LogP contribution in [0.1, 0.15) is 24.0 Å². The van der Waals surface area contributed by atoms with Crippen molar-refractivity contribution in [3.8, 4) is 0 Å². The Hall–Kier alpha value is -1.42. The third kappa shape index (κ3) is 2.12. The molecule has 3 nitrogen and oxygen atoms in total. The van der Waals surface area contributed by atoms with E-state index in [2.05, 4.69) is 22.4 Å². The first-order chi connectivity index (χ1) is 8.74. The van der Waals surface area contributed by atoms with Crippen LogP contribution in [-0.2, 0) is 12.8 Å². The average Bonchev–Trinajstić information content (AvgIpc) is 2.79. The minimum absolute atomic E-state index is 0.984. The van der Waals surface area contributed by atoms with Crippen LogP contribution in [0.25, 0.3) is 10.2 Å². The zero-order valence-corrected chi connectivity index (χ0v) is 11.7. The molecule has 0 radical (unpaired) electrons. The summed E-state index contributed by atoms with van der Waals surface area (Å²) in [4.78, 5) is 4.64. The van der Waals surface area contributed by atoms with Crippen LogP contribution in [0.15, 0.2) is 12.1 Å². The summed E-state index contributed by atoms with van der Waals surface area (Å²) in [5, 5.41) is 4.23. The molecule has 94 valence electrons. The maximum absolute atomic E-state index is 4.64. The number of hydrogen-bond donors (Lipinski definition) is 1. The van der Waals surface area contributed by atoms with Crippen molar-refractivity contribution in [2.24, 2.45) is 0 Å². The van der Waals surface area contributed by atoms with Gasteiger partial charge in [0.15, 0.2) is 0 Å². The van der Waals surface area contributed by atoms with Gasteiger partial charge in [0, 0.05) is 0 Å². The Kier molecular flexibility index (Phi) is 3.04. The van der Waals surface area contributed by atoms with Gasteiger partial charge in [0.25, 0.3) is 5.13 Å². The number of thiazole rings is 1. The summed E-state index contributed by atoms with van der Waals surface area (Å²) in [6, 6.07) is 4.42. The lowest BCUT2D eigenvalue weighted by Gasteiger charge is -2.15. The predicted molar refractivity (Wildman–Crippen MR) is 78.1 cm³/mol. The Bertz CT molecular complexity index is 609. The molecule has 1 heterocycles. The summed E-state index contributed by atoms with van der Waals surface area (Å²) in [5.74, 6) is 0. The zero-order valence-electron chi connectivity index (χ0n) is 10.9. The Morgan fingerprint density at radius 1 is 1.28 bits per heavy atom. The number of rotatable bonds is 2. The van der Waals surface area contributed by atoms with Crippen molar-refractivity contribution < 1.29 is 4.58 Å². The molecule has 0 bridgehead atoms. The number of anilines is 1. The minimum atomic E-state index is 0.984. The van der Waals surface area contributed by atoms with Gasteiger partial charge in [0.1, 0.15) is 0 Å². The number of nitrogens with zero attached hydrogens (tertiary/aromatic N) is 2. The summed E-state index contributed by atoms with van der Waals surface area (Å²) in [5.41, 5.74) is 4.20. The highest BCUT2D eigenvalue weighted by Gasteiger charge is 2.16. The number of benzene rings is 1. The largest absolute Gasteiger partial charge is 0.277 e. The molecular formula is C14H18N3S+. The summed E-state index contributed by atoms with van der Waals surface area (Å²) in [7, 11) is 4.00. The van der Waals surface area contributed by atoms with Crippen LogP contribution >= 0.6 is 11.3 Å². The second kappa shape index (κ2) is 4.69. The third-order valence-corrected chi connectivity index (χ3v) is 4.39. The van der Waals surface area contributed by atoms with Crippen LogP contribution in [0.5, 0.6) is 0 Å². The number of nitrogens with one attached hydrogen (secondary N) is 1. The second-order valence-corrected chi connectivity index (χ2v) is 6.01. The van der Waals surface area contributed by atoms with Gasteiger partial charge in [-0.05, 0) is 42.9 Å². The van der Waals surface area contributed by atoms with Gasteiger partial charge in [-0.1, -0.05) is 17.4 Å². The molecule has 0 saturated heterocycles. The van der Waals surface area contributed by atoms with E-state index in [9.17, 15) is 0 Å². The molecule has 1 aliphatic carbocycles. The Morgan fingerprint density at radius 2 is 2.11 bits per heavy atom. The molecule has 0 amide bonds. The molecule has 0 spiro atoms. The van der Waals surface area contributed by atoms with Crippen molar-refractivity contribution in [1.82, 2.24) is 4.98 Å². The minimum Gasteiger partial charge on any atom is -0.273 e. The zero-order chi connectivity index (χ0) is 12.5. The van der Waals surface area contributed by atoms with E-state index in [1.165, 1.54) is 41.5 Å². The van der Waals surface area contributed by atoms with Crippen LogP contribution in [-0.4, -0.2) is 30.0 Å². The normalized spacial score (nSPS) is 14.3. The molecule has 2 aromatic rings. The molecule has 0 saturated carbocycles. The molecule has 1 N–H and O–H groups in total. The first kappa shape index (κ1) is 11.7. The lowest BCUT2D eigenvalue weighted by atomic mass is 9.91. The molecular weight excluding hydrogens is 242 g/mol. The molecule has 0 fully saturated rings. The Labute approximate surface area is 111 Å². The molecule has 3 rings (SSSR count). The summed E-state index contributed by atoms with van der Waals surface area (Å²) >= 11 is 1.77. The highest BCUT2D eigenvalue weighted by atomic mass is 32.1. The molecule has 1 aromatic heterocycles. The molecule has 1 aromatic carbocycles. The van der Waals surface area contributed by atoms with Crippen molar-refractivity contribution in [3.05, 3.63) is 23.3 Å². The lowest BCUT2D eigenvalue weighted by Crippen LogP contribution is -2.06. The number of aromatic nitrogens is 1. The van der Waals surface area contributed by atoms with Gasteiger partial charge in [-0.3, -0.25) is 4.58 Å². The fourth-order valence-corrected chi connectivity index (χ4v) is 3.48. The molecule has 18 heavy (non-hydrogen) atoms. The van der Waals surface area contributed by atoms with Crippen LogP contribution in [0, 0.1) is 0 Å². The monoisotopic (exact) mass is 260 g/mol. The fourth-order valence-electron chi connectivity index (χ4n) is 2.46. The van der Waals surface area contributed by atoms with Crippen LogP contribution < -0.4 is 5.32 Å². The Balaban J connectivity index is 2.03. The maximum Gasteiger partial charge on any atom is 0.277 e. The number of fused-ring (bicyclic) bond motifs is 3. The van der Waals surface area contributed by atoms with E-state index in [1.807, 2.05) is 25.0 Å². The second-order valence-electron chi connectivity index (χ2n) is 5.01. The maximum atomic E-state index is 4.64. The van der Waals surface area contributed by atoms with E-state index in [4.69, 9.17) is 0 Å². The van der Waals surface area contributed by atoms with Gasteiger partial charge in [-0.25, -0.2) is 5.32 Å². The smallest absolute Gasteiger partial charge is 0.273 e. The summed E-state index contributed by atoms with van der Waals surface area (Å²) in [6.07, 6.45) is 7.03. The summed E-state index contributed by atoms with van der Waals surface area (Å²) in [6.45, 7) is 0. The highest BCUT2D eigenvalue weighted by Crippen LogP contribution is 2.34. The molecule has 4 heteroatoms. The fraction of sp³-hybridized carbons (Fsp3) is 0.429. The van der Waals surface area contributed by atoms with Gasteiger partial charge in [0.2, 0.25) is 6.34 Å². The third-order valence-electron chi connectivity index (χ3n) is 3.33. The van der Waals surface area contributed by atoms with Gasteiger partial charge in [-0.15, -0.1) is 0 Å².